The Morgan fingerprint density at radius 3 is 2.28 bits per heavy atom. The van der Waals surface area contributed by atoms with Crippen molar-refractivity contribution in [3.8, 4) is 5.75 Å². The van der Waals surface area contributed by atoms with E-state index in [0.717, 1.165) is 50.6 Å². The molecular weight excluding hydrogens is 386 g/mol. The molecule has 29 heavy (non-hydrogen) atoms. The van der Waals surface area contributed by atoms with Crippen LogP contribution in [-0.2, 0) is 10.3 Å². The first kappa shape index (κ1) is 23.7. The third-order valence-corrected chi connectivity index (χ3v) is 5.62. The van der Waals surface area contributed by atoms with E-state index in [-0.39, 0.29) is 18.3 Å². The summed E-state index contributed by atoms with van der Waals surface area (Å²) in [6.07, 6.45) is 1.63. The molecule has 2 aromatic carbocycles. The molecule has 4 nitrogen and oxygen atoms in total. The van der Waals surface area contributed by atoms with Crippen molar-refractivity contribution in [3.63, 3.8) is 0 Å². The molecule has 1 aliphatic rings. The van der Waals surface area contributed by atoms with E-state index in [1.165, 1.54) is 5.56 Å². The minimum absolute atomic E-state index is 0. The molecule has 0 aromatic heterocycles. The average Bonchev–Trinajstić information content (AvgIpc) is 2.74. The molecule has 160 valence electrons. The number of hydrogen-bond donors (Lipinski definition) is 1. The zero-order valence-corrected chi connectivity index (χ0v) is 18.4. The van der Waals surface area contributed by atoms with Crippen LogP contribution in [0.2, 0.25) is 0 Å². The summed E-state index contributed by atoms with van der Waals surface area (Å²) in [7, 11) is 0. The monoisotopic (exact) mass is 419 g/mol. The van der Waals surface area contributed by atoms with Gasteiger partial charge in [-0.05, 0) is 36.6 Å². The third kappa shape index (κ3) is 5.95. The molecule has 2 unspecified atom stereocenters. The molecule has 0 bridgehead atoms. The summed E-state index contributed by atoms with van der Waals surface area (Å²) < 4.78 is 11.1. The molecule has 1 saturated heterocycles. The molecule has 2 aromatic rings. The minimum Gasteiger partial charge on any atom is -0.494 e. The Labute approximate surface area is 181 Å². The van der Waals surface area contributed by atoms with Gasteiger partial charge in [-0.1, -0.05) is 55.8 Å². The number of rotatable bonds is 9. The summed E-state index contributed by atoms with van der Waals surface area (Å²) in [4.78, 5) is 2.41. The topological polar surface area (TPSA) is 41.9 Å². The predicted octanol–water partition coefficient (Wildman–Crippen LogP) is 4.61. The van der Waals surface area contributed by atoms with Crippen LogP contribution in [0.1, 0.15) is 43.7 Å². The van der Waals surface area contributed by atoms with E-state index in [1.807, 2.05) is 37.3 Å². The van der Waals surface area contributed by atoms with Gasteiger partial charge in [0.2, 0.25) is 0 Å². The normalized spacial score (nSPS) is 17.8. The van der Waals surface area contributed by atoms with Gasteiger partial charge >= 0.3 is 0 Å². The fourth-order valence-corrected chi connectivity index (χ4v) is 4.17. The third-order valence-electron chi connectivity index (χ3n) is 5.62. The minimum atomic E-state index is -0.931. The second-order valence-corrected chi connectivity index (χ2v) is 7.51. The van der Waals surface area contributed by atoms with Crippen molar-refractivity contribution >= 4 is 12.4 Å². The van der Waals surface area contributed by atoms with Crippen LogP contribution < -0.4 is 4.74 Å². The maximum Gasteiger partial charge on any atom is 0.119 e. The number of benzene rings is 2. The summed E-state index contributed by atoms with van der Waals surface area (Å²) in [5.41, 5.74) is 1.21. The molecule has 0 spiro atoms. The van der Waals surface area contributed by atoms with Crippen molar-refractivity contribution in [2.45, 2.75) is 38.2 Å². The molecule has 5 heteroatoms. The molecule has 0 aliphatic carbocycles. The van der Waals surface area contributed by atoms with E-state index in [9.17, 15) is 5.11 Å². The quantitative estimate of drug-likeness (QED) is 0.644. The van der Waals surface area contributed by atoms with Crippen LogP contribution in [0.4, 0.5) is 0 Å². The van der Waals surface area contributed by atoms with E-state index in [0.29, 0.717) is 13.0 Å². The van der Waals surface area contributed by atoms with Gasteiger partial charge in [-0.15, -0.1) is 12.4 Å². The average molecular weight is 420 g/mol. The Bertz CT molecular complexity index is 704. The van der Waals surface area contributed by atoms with Crippen LogP contribution in [0, 0.1) is 0 Å². The van der Waals surface area contributed by atoms with E-state index in [1.54, 1.807) is 0 Å². The highest BCUT2D eigenvalue weighted by Gasteiger charge is 2.39. The number of morpholine rings is 1. The Balaban J connectivity index is 0.00000300. The van der Waals surface area contributed by atoms with Crippen molar-refractivity contribution in [3.05, 3.63) is 65.7 Å². The van der Waals surface area contributed by atoms with Crippen molar-refractivity contribution < 1.29 is 14.6 Å². The smallest absolute Gasteiger partial charge is 0.119 e. The van der Waals surface area contributed by atoms with Crippen molar-refractivity contribution in [1.82, 2.24) is 4.90 Å². The van der Waals surface area contributed by atoms with E-state index in [4.69, 9.17) is 9.47 Å². The lowest BCUT2D eigenvalue weighted by Gasteiger charge is -2.41. The van der Waals surface area contributed by atoms with Gasteiger partial charge in [0.15, 0.2) is 0 Å². The van der Waals surface area contributed by atoms with Crippen molar-refractivity contribution in [1.29, 1.82) is 0 Å². The highest BCUT2D eigenvalue weighted by atomic mass is 35.5. The highest BCUT2D eigenvalue weighted by molar-refractivity contribution is 5.85. The summed E-state index contributed by atoms with van der Waals surface area (Å²) in [5.74, 6) is 0.833. The molecular formula is C24H34ClNO3. The molecule has 2 atom stereocenters. The highest BCUT2D eigenvalue weighted by Crippen LogP contribution is 2.42. The fraction of sp³-hybridized carbons (Fsp3) is 0.500. The Kier molecular flexibility index (Phi) is 9.44. The van der Waals surface area contributed by atoms with Gasteiger partial charge in [-0.2, -0.15) is 0 Å². The molecule has 0 radical (unpaired) electrons. The van der Waals surface area contributed by atoms with Crippen LogP contribution in [-0.4, -0.2) is 49.5 Å². The fourth-order valence-electron chi connectivity index (χ4n) is 4.17. The number of ether oxygens (including phenoxy) is 2. The second-order valence-electron chi connectivity index (χ2n) is 7.51. The number of nitrogens with zero attached hydrogens (tertiary/aromatic N) is 1. The maximum atomic E-state index is 12.0. The maximum absolute atomic E-state index is 12.0. The Morgan fingerprint density at radius 1 is 1.03 bits per heavy atom. The zero-order chi connectivity index (χ0) is 19.8. The molecule has 1 aliphatic heterocycles. The predicted molar refractivity (Wildman–Crippen MR) is 120 cm³/mol. The van der Waals surface area contributed by atoms with Crippen molar-refractivity contribution in [2.75, 3.05) is 39.5 Å². The summed E-state index contributed by atoms with van der Waals surface area (Å²) in [6.45, 7) is 8.92. The number of hydrogen-bond acceptors (Lipinski definition) is 4. The van der Waals surface area contributed by atoms with Gasteiger partial charge in [0, 0.05) is 25.6 Å². The second kappa shape index (κ2) is 11.6. The Hall–Kier alpha value is -1.59. The lowest BCUT2D eigenvalue weighted by Crippen LogP contribution is -2.45. The number of halogens is 1. The summed E-state index contributed by atoms with van der Waals surface area (Å²) >= 11 is 0. The van der Waals surface area contributed by atoms with Gasteiger partial charge in [0.25, 0.3) is 0 Å². The van der Waals surface area contributed by atoms with Crippen LogP contribution in [0.5, 0.6) is 5.75 Å². The SMILES string of the molecule is CCCC(O)(c1ccc(OCC)cc1)C(CN1CCOCC1)c1ccccc1.Cl. The summed E-state index contributed by atoms with van der Waals surface area (Å²) in [5, 5.41) is 12.0. The number of aliphatic hydroxyl groups is 1. The van der Waals surface area contributed by atoms with E-state index < -0.39 is 5.60 Å². The lowest BCUT2D eigenvalue weighted by molar-refractivity contribution is -0.0285. The molecule has 0 saturated carbocycles. The van der Waals surface area contributed by atoms with E-state index in [2.05, 4.69) is 36.1 Å². The lowest BCUT2D eigenvalue weighted by atomic mass is 9.74. The van der Waals surface area contributed by atoms with Gasteiger partial charge in [0.05, 0.1) is 25.4 Å². The largest absolute Gasteiger partial charge is 0.494 e. The molecule has 1 fully saturated rings. The van der Waals surface area contributed by atoms with Crippen molar-refractivity contribution in [2.24, 2.45) is 0 Å². The van der Waals surface area contributed by atoms with Crippen LogP contribution in [0.25, 0.3) is 0 Å². The summed E-state index contributed by atoms with van der Waals surface area (Å²) in [6, 6.07) is 18.4. The van der Waals surface area contributed by atoms with E-state index >= 15 is 0 Å². The first-order chi connectivity index (χ1) is 13.7. The zero-order valence-electron chi connectivity index (χ0n) is 17.5. The molecule has 1 N–H and O–H groups in total. The van der Waals surface area contributed by atoms with Gasteiger partial charge in [-0.3, -0.25) is 4.90 Å². The van der Waals surface area contributed by atoms with Crippen LogP contribution in [0.15, 0.2) is 54.6 Å². The first-order valence-corrected chi connectivity index (χ1v) is 10.5. The first-order valence-electron chi connectivity index (χ1n) is 10.5. The standard InChI is InChI=1S/C24H33NO3.ClH/c1-3-14-24(26,21-10-12-22(13-11-21)28-4-2)23(20-8-6-5-7-9-20)19-25-15-17-27-18-16-25;/h5-13,23,26H,3-4,14-19H2,1-2H3;1H. The van der Waals surface area contributed by atoms with Gasteiger partial charge in [0.1, 0.15) is 5.75 Å². The molecule has 1 heterocycles. The van der Waals surface area contributed by atoms with Gasteiger partial charge in [-0.25, -0.2) is 0 Å². The van der Waals surface area contributed by atoms with Gasteiger partial charge < -0.3 is 14.6 Å². The van der Waals surface area contributed by atoms with Crippen LogP contribution in [0.3, 0.4) is 0 Å². The molecule has 0 amide bonds. The molecule has 3 rings (SSSR count). The van der Waals surface area contributed by atoms with Crippen LogP contribution >= 0.6 is 12.4 Å². The Morgan fingerprint density at radius 2 is 1.69 bits per heavy atom.